The van der Waals surface area contributed by atoms with Crippen molar-refractivity contribution in [2.45, 2.75) is 96.8 Å². The van der Waals surface area contributed by atoms with Gasteiger partial charge in [0.05, 0.1) is 5.27 Å². The van der Waals surface area contributed by atoms with Crippen LogP contribution in [0, 0.1) is 0 Å². The summed E-state index contributed by atoms with van der Waals surface area (Å²) >= 11 is 0. The summed E-state index contributed by atoms with van der Waals surface area (Å²) < 4.78 is 4.72. The van der Waals surface area contributed by atoms with Crippen LogP contribution >= 0.6 is 0 Å². The highest BCUT2D eigenvalue weighted by Crippen LogP contribution is 2.33. The van der Waals surface area contributed by atoms with Gasteiger partial charge in [0.1, 0.15) is 0 Å². The zero-order chi connectivity index (χ0) is 14.7. The minimum Gasteiger partial charge on any atom is -0.222 e. The number of aromatic nitrogens is 3. The molecule has 0 aliphatic heterocycles. The van der Waals surface area contributed by atoms with E-state index < -0.39 is 0 Å². The molecule has 4 heteroatoms. The average Bonchev–Trinajstić information content (AvgIpc) is 2.98. The third kappa shape index (κ3) is 6.02. The predicted octanol–water partition coefficient (Wildman–Crippen LogP) is 5.05. The van der Waals surface area contributed by atoms with Gasteiger partial charge in [0, 0.05) is 5.41 Å². The van der Waals surface area contributed by atoms with E-state index in [4.69, 9.17) is 4.63 Å². The highest BCUT2D eigenvalue weighted by molar-refractivity contribution is 5.01. The summed E-state index contributed by atoms with van der Waals surface area (Å²) in [4.78, 5) is 0. The lowest BCUT2D eigenvalue weighted by atomic mass is 9.79. The van der Waals surface area contributed by atoms with Crippen LogP contribution in [0.4, 0.5) is 0 Å². The van der Waals surface area contributed by atoms with Crippen LogP contribution < -0.4 is 0 Å². The predicted molar refractivity (Wildman–Crippen MR) is 81.6 cm³/mol. The van der Waals surface area contributed by atoms with Gasteiger partial charge >= 0.3 is 0 Å². The van der Waals surface area contributed by atoms with Crippen molar-refractivity contribution in [2.75, 3.05) is 0 Å². The Morgan fingerprint density at radius 1 is 0.850 bits per heavy atom. The summed E-state index contributed by atoms with van der Waals surface area (Å²) in [5.41, 5.74) is 0.0416. The van der Waals surface area contributed by atoms with Crippen molar-refractivity contribution in [3.8, 4) is 0 Å². The van der Waals surface area contributed by atoms with E-state index in [0.717, 1.165) is 18.7 Å². The van der Waals surface area contributed by atoms with Crippen LogP contribution in [0.15, 0.2) is 4.63 Å². The van der Waals surface area contributed by atoms with Crippen LogP contribution in [0.2, 0.25) is 0 Å². The minimum absolute atomic E-state index is 0.0416. The fourth-order valence-corrected chi connectivity index (χ4v) is 2.77. The lowest BCUT2D eigenvalue weighted by Gasteiger charge is -2.25. The third-order valence-corrected chi connectivity index (χ3v) is 4.25. The van der Waals surface area contributed by atoms with Gasteiger partial charge in [-0.3, -0.25) is 0 Å². The SMILES string of the molecule is CCCCCCCC(C)(CCCCCC)c1nnon1. The molecule has 20 heavy (non-hydrogen) atoms. The van der Waals surface area contributed by atoms with Crippen LogP contribution in [-0.4, -0.2) is 15.5 Å². The molecular formula is C16H31N3O. The average molecular weight is 281 g/mol. The second-order valence-electron chi connectivity index (χ2n) is 6.21. The molecule has 0 radical (unpaired) electrons. The molecule has 1 rings (SSSR count). The maximum absolute atomic E-state index is 4.72. The summed E-state index contributed by atoms with van der Waals surface area (Å²) in [5, 5.41) is 11.6. The molecule has 1 heterocycles. The molecule has 0 amide bonds. The first-order valence-corrected chi connectivity index (χ1v) is 8.38. The van der Waals surface area contributed by atoms with E-state index in [9.17, 15) is 0 Å². The first kappa shape index (κ1) is 17.1. The molecule has 0 aromatic carbocycles. The zero-order valence-electron chi connectivity index (χ0n) is 13.5. The van der Waals surface area contributed by atoms with E-state index in [-0.39, 0.29) is 5.41 Å². The quantitative estimate of drug-likeness (QED) is 0.503. The molecule has 0 bridgehead atoms. The topological polar surface area (TPSA) is 51.8 Å². The Labute approximate surface area is 123 Å². The van der Waals surface area contributed by atoms with Gasteiger partial charge in [0.25, 0.3) is 0 Å². The highest BCUT2D eigenvalue weighted by atomic mass is 16.6. The fourth-order valence-electron chi connectivity index (χ4n) is 2.77. The van der Waals surface area contributed by atoms with E-state index in [1.54, 1.807) is 0 Å². The molecule has 0 fully saturated rings. The monoisotopic (exact) mass is 281 g/mol. The van der Waals surface area contributed by atoms with E-state index in [2.05, 4.69) is 36.3 Å². The summed E-state index contributed by atoms with van der Waals surface area (Å²) in [6.07, 6.45) is 14.0. The second-order valence-corrected chi connectivity index (χ2v) is 6.21. The van der Waals surface area contributed by atoms with Crippen molar-refractivity contribution in [1.82, 2.24) is 15.5 Å². The Kier molecular flexibility index (Phi) is 8.47. The Bertz CT molecular complexity index is 326. The van der Waals surface area contributed by atoms with Crippen molar-refractivity contribution in [3.63, 3.8) is 0 Å². The Morgan fingerprint density at radius 2 is 1.40 bits per heavy atom. The summed E-state index contributed by atoms with van der Waals surface area (Å²) in [5.74, 6) is 0.796. The zero-order valence-corrected chi connectivity index (χ0v) is 13.5. The van der Waals surface area contributed by atoms with Gasteiger partial charge in [-0.2, -0.15) is 0 Å². The van der Waals surface area contributed by atoms with Crippen LogP contribution in [-0.2, 0) is 5.41 Å². The molecule has 0 aliphatic rings. The van der Waals surface area contributed by atoms with Crippen LogP contribution in [0.5, 0.6) is 0 Å². The Hall–Kier alpha value is -0.930. The van der Waals surface area contributed by atoms with E-state index >= 15 is 0 Å². The first-order chi connectivity index (χ1) is 9.73. The molecule has 1 atom stereocenters. The van der Waals surface area contributed by atoms with Gasteiger partial charge in [0.2, 0.25) is 5.82 Å². The summed E-state index contributed by atoms with van der Waals surface area (Å²) in [6.45, 7) is 6.77. The van der Waals surface area contributed by atoms with Crippen molar-refractivity contribution >= 4 is 0 Å². The lowest BCUT2D eigenvalue weighted by molar-refractivity contribution is 0.278. The molecule has 0 N–H and O–H groups in total. The van der Waals surface area contributed by atoms with Gasteiger partial charge in [-0.15, -0.1) is 0 Å². The molecule has 4 nitrogen and oxygen atoms in total. The number of rotatable bonds is 12. The van der Waals surface area contributed by atoms with Gasteiger partial charge in [-0.1, -0.05) is 83.7 Å². The number of unbranched alkanes of at least 4 members (excludes halogenated alkanes) is 7. The van der Waals surface area contributed by atoms with Gasteiger partial charge < -0.3 is 0 Å². The third-order valence-electron chi connectivity index (χ3n) is 4.25. The van der Waals surface area contributed by atoms with Crippen molar-refractivity contribution in [2.24, 2.45) is 0 Å². The second kappa shape index (κ2) is 9.89. The number of hydrogen-bond donors (Lipinski definition) is 0. The highest BCUT2D eigenvalue weighted by Gasteiger charge is 2.30. The van der Waals surface area contributed by atoms with Gasteiger partial charge in [0.15, 0.2) is 0 Å². The Balaban J connectivity index is 2.43. The minimum atomic E-state index is 0.0416. The molecule has 1 unspecified atom stereocenters. The molecule has 0 spiro atoms. The summed E-state index contributed by atoms with van der Waals surface area (Å²) in [7, 11) is 0. The number of nitrogens with zero attached hydrogens (tertiary/aromatic N) is 3. The standard InChI is InChI=1S/C16H31N3O/c1-4-6-8-10-12-14-16(3,13-11-9-7-5-2)15-17-19-20-18-15/h4-14H2,1-3H3. The molecular weight excluding hydrogens is 250 g/mol. The molecule has 0 aliphatic carbocycles. The first-order valence-electron chi connectivity index (χ1n) is 8.38. The van der Waals surface area contributed by atoms with Gasteiger partial charge in [-0.25, -0.2) is 4.63 Å². The van der Waals surface area contributed by atoms with E-state index in [0.29, 0.717) is 0 Å². The van der Waals surface area contributed by atoms with E-state index in [1.807, 2.05) is 0 Å². The maximum Gasteiger partial charge on any atom is 0.202 e. The maximum atomic E-state index is 4.72. The summed E-state index contributed by atoms with van der Waals surface area (Å²) in [6, 6.07) is 0. The lowest BCUT2D eigenvalue weighted by Crippen LogP contribution is -2.24. The molecule has 116 valence electrons. The van der Waals surface area contributed by atoms with Crippen molar-refractivity contribution in [1.29, 1.82) is 0 Å². The van der Waals surface area contributed by atoms with Crippen molar-refractivity contribution in [3.05, 3.63) is 5.82 Å². The van der Waals surface area contributed by atoms with E-state index in [1.165, 1.54) is 57.8 Å². The van der Waals surface area contributed by atoms with Crippen LogP contribution in [0.3, 0.4) is 0 Å². The smallest absolute Gasteiger partial charge is 0.202 e. The molecule has 1 aromatic heterocycles. The molecule has 0 saturated carbocycles. The normalized spacial score (nSPS) is 14.3. The molecule has 0 saturated heterocycles. The van der Waals surface area contributed by atoms with Crippen LogP contribution in [0.1, 0.15) is 97.2 Å². The Morgan fingerprint density at radius 3 is 1.90 bits per heavy atom. The van der Waals surface area contributed by atoms with Crippen molar-refractivity contribution < 1.29 is 4.63 Å². The number of hydrogen-bond acceptors (Lipinski definition) is 4. The fraction of sp³-hybridized carbons (Fsp3) is 0.938. The largest absolute Gasteiger partial charge is 0.222 e. The van der Waals surface area contributed by atoms with Crippen LogP contribution in [0.25, 0.3) is 0 Å². The molecule has 1 aromatic rings. The van der Waals surface area contributed by atoms with Gasteiger partial charge in [-0.05, 0) is 18.0 Å².